The molecule has 22 heavy (non-hydrogen) atoms. The molecule has 1 aliphatic rings. The van der Waals surface area contributed by atoms with Gasteiger partial charge in [-0.25, -0.2) is 4.79 Å². The fourth-order valence-electron chi connectivity index (χ4n) is 1.95. The summed E-state index contributed by atoms with van der Waals surface area (Å²) in [5.41, 5.74) is 1.32. The summed E-state index contributed by atoms with van der Waals surface area (Å²) in [6, 6.07) is 4.61. The zero-order valence-electron chi connectivity index (χ0n) is 11.4. The van der Waals surface area contributed by atoms with Crippen LogP contribution in [-0.2, 0) is 19.6 Å². The number of carbonyl (C=O) groups is 1. The molecule has 0 fully saturated rings. The van der Waals surface area contributed by atoms with Gasteiger partial charge in [-0.3, -0.25) is 0 Å². The molecule has 0 aliphatic carbocycles. The van der Waals surface area contributed by atoms with E-state index >= 15 is 0 Å². The van der Waals surface area contributed by atoms with Crippen LogP contribution in [0.2, 0.25) is 0 Å². The Morgan fingerprint density at radius 2 is 2.18 bits per heavy atom. The molecule has 2 N–H and O–H groups in total. The second-order valence-corrected chi connectivity index (χ2v) is 5.90. The van der Waals surface area contributed by atoms with E-state index in [1.165, 1.54) is 18.3 Å². The number of benzene rings is 1. The summed E-state index contributed by atoms with van der Waals surface area (Å²) in [5.74, 6) is -1.18. The van der Waals surface area contributed by atoms with E-state index in [0.29, 0.717) is 11.3 Å². The fraction of sp³-hybridized carbons (Fsp3) is 0.167. The molecule has 2 aromatic rings. The number of ether oxygens (including phenoxy) is 1. The standard InChI is InChI=1S/C12H11N5O4S/c1-2-21-12(18)11-14-8-4-3-7(9-6-13-17-15-9)5-10(8)22(19,20)16-11/h3-6H,2H2,1H3,(H,14,16)(H,13,15,17). The second-order valence-electron chi connectivity index (χ2n) is 4.33. The van der Waals surface area contributed by atoms with E-state index in [-0.39, 0.29) is 23.0 Å². The van der Waals surface area contributed by atoms with Crippen LogP contribution in [0.4, 0.5) is 5.69 Å². The minimum Gasteiger partial charge on any atom is -0.460 e. The predicted octanol–water partition coefficient (Wildman–Crippen LogP) is 0.547. The Bertz CT molecular complexity index is 858. The Labute approximate surface area is 125 Å². The molecule has 0 amide bonds. The van der Waals surface area contributed by atoms with Gasteiger partial charge in [-0.2, -0.15) is 23.8 Å². The molecule has 0 saturated carbocycles. The van der Waals surface area contributed by atoms with E-state index in [1.54, 1.807) is 13.0 Å². The van der Waals surface area contributed by atoms with Crippen molar-refractivity contribution in [3.63, 3.8) is 0 Å². The number of carbonyl (C=O) groups excluding carboxylic acids is 1. The molecule has 114 valence electrons. The molecular formula is C12H11N5O4S. The van der Waals surface area contributed by atoms with Crippen molar-refractivity contribution in [3.05, 3.63) is 24.4 Å². The molecule has 2 heterocycles. The number of aromatic amines is 1. The number of hydrogen-bond acceptors (Lipinski definition) is 7. The third-order valence-corrected chi connectivity index (χ3v) is 4.22. The molecule has 0 saturated heterocycles. The highest BCUT2D eigenvalue weighted by Gasteiger charge is 2.29. The summed E-state index contributed by atoms with van der Waals surface area (Å²) in [6.45, 7) is 1.74. The van der Waals surface area contributed by atoms with Crippen LogP contribution in [0, 0.1) is 0 Å². The van der Waals surface area contributed by atoms with Gasteiger partial charge in [-0.1, -0.05) is 6.07 Å². The van der Waals surface area contributed by atoms with Crippen molar-refractivity contribution in [1.29, 1.82) is 0 Å². The lowest BCUT2D eigenvalue weighted by molar-refractivity contribution is -0.135. The average Bonchev–Trinajstić information content (AvgIpc) is 3.00. The highest BCUT2D eigenvalue weighted by molar-refractivity contribution is 7.90. The minimum absolute atomic E-state index is 0.0407. The topological polar surface area (TPSA) is 126 Å². The Morgan fingerprint density at radius 3 is 2.86 bits per heavy atom. The summed E-state index contributed by atoms with van der Waals surface area (Å²) < 4.78 is 32.7. The van der Waals surface area contributed by atoms with E-state index in [2.05, 4.69) is 25.1 Å². The number of nitrogens with zero attached hydrogens (tertiary/aromatic N) is 3. The molecule has 3 rings (SSSR count). The first-order valence-corrected chi connectivity index (χ1v) is 7.74. The zero-order valence-corrected chi connectivity index (χ0v) is 12.2. The lowest BCUT2D eigenvalue weighted by atomic mass is 10.1. The number of aromatic nitrogens is 3. The van der Waals surface area contributed by atoms with Crippen molar-refractivity contribution in [1.82, 2.24) is 15.4 Å². The molecule has 10 heteroatoms. The summed E-state index contributed by atoms with van der Waals surface area (Å²) in [5, 5.41) is 12.7. The number of nitrogens with one attached hydrogen (secondary N) is 2. The van der Waals surface area contributed by atoms with Crippen molar-refractivity contribution >= 4 is 27.5 Å². The first-order valence-electron chi connectivity index (χ1n) is 6.30. The largest absolute Gasteiger partial charge is 0.460 e. The maximum absolute atomic E-state index is 12.2. The molecule has 9 nitrogen and oxygen atoms in total. The first kappa shape index (κ1) is 14.2. The van der Waals surface area contributed by atoms with Gasteiger partial charge in [0.1, 0.15) is 10.6 Å². The predicted molar refractivity (Wildman–Crippen MR) is 76.7 cm³/mol. The maximum Gasteiger partial charge on any atom is 0.375 e. The summed E-state index contributed by atoms with van der Waals surface area (Å²) in [4.78, 5) is 11.6. The third-order valence-electron chi connectivity index (χ3n) is 2.90. The molecule has 0 radical (unpaired) electrons. The number of anilines is 1. The molecule has 1 aliphatic heterocycles. The zero-order chi connectivity index (χ0) is 15.7. The van der Waals surface area contributed by atoms with E-state index in [9.17, 15) is 13.2 Å². The lowest BCUT2D eigenvalue weighted by Crippen LogP contribution is -2.30. The van der Waals surface area contributed by atoms with Crippen molar-refractivity contribution in [3.8, 4) is 11.3 Å². The summed E-state index contributed by atoms with van der Waals surface area (Å²) in [7, 11) is -4.00. The normalized spacial score (nSPS) is 15.4. The van der Waals surface area contributed by atoms with Crippen molar-refractivity contribution in [2.24, 2.45) is 4.40 Å². The van der Waals surface area contributed by atoms with E-state index in [0.717, 1.165) is 0 Å². The van der Waals surface area contributed by atoms with E-state index in [1.807, 2.05) is 0 Å². The Balaban J connectivity index is 2.04. The van der Waals surface area contributed by atoms with Crippen LogP contribution < -0.4 is 5.32 Å². The summed E-state index contributed by atoms with van der Waals surface area (Å²) >= 11 is 0. The van der Waals surface area contributed by atoms with E-state index < -0.39 is 16.0 Å². The van der Waals surface area contributed by atoms with Crippen molar-refractivity contribution in [2.45, 2.75) is 11.8 Å². The smallest absolute Gasteiger partial charge is 0.375 e. The number of rotatable bonds is 3. The van der Waals surface area contributed by atoms with Crippen molar-refractivity contribution < 1.29 is 17.9 Å². The molecule has 1 aromatic heterocycles. The number of H-pyrrole nitrogens is 1. The van der Waals surface area contributed by atoms with Crippen LogP contribution in [0.1, 0.15) is 6.92 Å². The molecule has 0 unspecified atom stereocenters. The lowest BCUT2D eigenvalue weighted by Gasteiger charge is -2.17. The molecule has 0 spiro atoms. The van der Waals surface area contributed by atoms with Gasteiger partial charge in [-0.15, -0.1) is 4.40 Å². The van der Waals surface area contributed by atoms with Gasteiger partial charge < -0.3 is 10.1 Å². The first-order chi connectivity index (χ1) is 10.5. The highest BCUT2D eigenvalue weighted by atomic mass is 32.2. The fourth-order valence-corrected chi connectivity index (χ4v) is 3.08. The second kappa shape index (κ2) is 5.22. The molecule has 1 aromatic carbocycles. The molecular weight excluding hydrogens is 310 g/mol. The number of fused-ring (bicyclic) bond motifs is 1. The maximum atomic E-state index is 12.2. The van der Waals surface area contributed by atoms with Crippen molar-refractivity contribution in [2.75, 3.05) is 11.9 Å². The Morgan fingerprint density at radius 1 is 1.36 bits per heavy atom. The van der Waals surface area contributed by atoms with Crippen LogP contribution in [0.3, 0.4) is 0 Å². The van der Waals surface area contributed by atoms with Gasteiger partial charge in [0, 0.05) is 5.56 Å². The number of sulfonamides is 1. The minimum atomic E-state index is -4.00. The van der Waals surface area contributed by atoms with Crippen LogP contribution >= 0.6 is 0 Å². The average molecular weight is 321 g/mol. The highest BCUT2D eigenvalue weighted by Crippen LogP contribution is 2.31. The monoisotopic (exact) mass is 321 g/mol. The van der Waals surface area contributed by atoms with Gasteiger partial charge in [-0.05, 0) is 19.1 Å². The van der Waals surface area contributed by atoms with Gasteiger partial charge >= 0.3 is 5.97 Å². The number of hydrogen-bond donors (Lipinski definition) is 2. The Kier molecular flexibility index (Phi) is 3.37. The van der Waals surface area contributed by atoms with Crippen LogP contribution in [0.15, 0.2) is 33.7 Å². The Hall–Kier alpha value is -2.75. The van der Waals surface area contributed by atoms with Gasteiger partial charge in [0.15, 0.2) is 0 Å². The van der Waals surface area contributed by atoms with E-state index in [4.69, 9.17) is 4.74 Å². The molecule has 0 atom stereocenters. The van der Waals surface area contributed by atoms with Crippen LogP contribution in [-0.4, -0.2) is 42.2 Å². The SMILES string of the molecule is CCOC(=O)C1=NS(=O)(=O)c2cc(-c3cn[nH]n3)ccc2N1. The molecule has 0 bridgehead atoms. The number of esters is 1. The quantitative estimate of drug-likeness (QED) is 0.790. The van der Waals surface area contributed by atoms with Crippen LogP contribution in [0.25, 0.3) is 11.3 Å². The summed E-state index contributed by atoms with van der Waals surface area (Å²) in [6.07, 6.45) is 1.47. The van der Waals surface area contributed by atoms with Gasteiger partial charge in [0.05, 0.1) is 18.5 Å². The third kappa shape index (κ3) is 2.44. The van der Waals surface area contributed by atoms with Crippen LogP contribution in [0.5, 0.6) is 0 Å². The van der Waals surface area contributed by atoms with Gasteiger partial charge in [0.25, 0.3) is 10.0 Å². The number of amidine groups is 1. The van der Waals surface area contributed by atoms with Gasteiger partial charge in [0.2, 0.25) is 5.84 Å².